The lowest BCUT2D eigenvalue weighted by atomic mass is 10.3. The number of anilines is 1. The van der Waals surface area contributed by atoms with E-state index in [0.29, 0.717) is 13.0 Å². The third kappa shape index (κ3) is 2.69. The fourth-order valence-electron chi connectivity index (χ4n) is 1.91. The quantitative estimate of drug-likeness (QED) is 0.760. The first-order valence-electron chi connectivity index (χ1n) is 5.63. The molecule has 0 aromatic heterocycles. The lowest BCUT2D eigenvalue weighted by molar-refractivity contribution is -0.127. The van der Waals surface area contributed by atoms with Crippen LogP contribution in [0.2, 0.25) is 0 Å². The van der Waals surface area contributed by atoms with Crippen molar-refractivity contribution in [3.8, 4) is 0 Å². The lowest BCUT2D eigenvalue weighted by Gasteiger charge is -2.13. The number of nitrogens with two attached hydrogens (primary N) is 1. The van der Waals surface area contributed by atoms with Gasteiger partial charge in [-0.05, 0) is 24.6 Å². The first kappa shape index (κ1) is 13.8. The van der Waals surface area contributed by atoms with Gasteiger partial charge in [0.05, 0.1) is 0 Å². The molecule has 0 radical (unpaired) electrons. The predicted molar refractivity (Wildman–Crippen MR) is 67.2 cm³/mol. The molecule has 0 aliphatic carbocycles. The van der Waals surface area contributed by atoms with Gasteiger partial charge in [-0.1, -0.05) is 0 Å². The highest BCUT2D eigenvalue weighted by Crippen LogP contribution is 2.19. The smallest absolute Gasteiger partial charge is 0.244 e. The summed E-state index contributed by atoms with van der Waals surface area (Å²) in [7, 11) is -2.52. The first-order valence-corrected chi connectivity index (χ1v) is 7.12. The molecule has 0 saturated carbocycles. The fourth-order valence-corrected chi connectivity index (χ4v) is 3.24. The second-order valence-electron chi connectivity index (χ2n) is 4.41. The molecule has 6 nitrogen and oxygen atoms in total. The second kappa shape index (κ2) is 4.78. The van der Waals surface area contributed by atoms with Crippen LogP contribution in [0.1, 0.15) is 6.42 Å². The number of amides is 1. The van der Waals surface area contributed by atoms with Crippen molar-refractivity contribution >= 4 is 21.6 Å². The molecule has 1 unspecified atom stereocenters. The number of halogens is 1. The third-order valence-electron chi connectivity index (χ3n) is 2.97. The molecule has 8 heteroatoms. The molecular formula is C11H14FN3O3S. The number of sulfonamides is 1. The van der Waals surface area contributed by atoms with Crippen LogP contribution < -0.4 is 10.5 Å². The van der Waals surface area contributed by atoms with Gasteiger partial charge in [-0.2, -0.15) is 4.72 Å². The van der Waals surface area contributed by atoms with E-state index in [-0.39, 0.29) is 11.6 Å². The molecule has 1 saturated heterocycles. The van der Waals surface area contributed by atoms with E-state index in [1.165, 1.54) is 11.0 Å². The normalized spacial score (nSPS) is 20.0. The number of nitrogens with zero attached hydrogens (tertiary/aromatic N) is 1. The summed E-state index contributed by atoms with van der Waals surface area (Å²) in [5.41, 5.74) is 5.58. The van der Waals surface area contributed by atoms with E-state index in [4.69, 9.17) is 5.73 Å². The number of nitrogens with one attached hydrogen (secondary N) is 1. The second-order valence-corrected chi connectivity index (χ2v) is 6.09. The van der Waals surface area contributed by atoms with E-state index in [9.17, 15) is 17.6 Å². The Bertz CT molecular complexity index is 618. The summed E-state index contributed by atoms with van der Waals surface area (Å²) in [6, 6.07) is 2.42. The van der Waals surface area contributed by atoms with Crippen molar-refractivity contribution < 1.29 is 17.6 Å². The van der Waals surface area contributed by atoms with Gasteiger partial charge < -0.3 is 10.6 Å². The monoisotopic (exact) mass is 287 g/mol. The number of carbonyl (C=O) groups is 1. The highest BCUT2D eigenvalue weighted by molar-refractivity contribution is 7.89. The Morgan fingerprint density at radius 1 is 1.47 bits per heavy atom. The van der Waals surface area contributed by atoms with E-state index >= 15 is 0 Å². The van der Waals surface area contributed by atoms with Crippen LogP contribution in [0.4, 0.5) is 10.1 Å². The summed E-state index contributed by atoms with van der Waals surface area (Å²) >= 11 is 0. The third-order valence-corrected chi connectivity index (χ3v) is 4.46. The van der Waals surface area contributed by atoms with Crippen molar-refractivity contribution in [2.75, 3.05) is 19.3 Å². The minimum atomic E-state index is -4.11. The van der Waals surface area contributed by atoms with Crippen LogP contribution in [0.15, 0.2) is 23.1 Å². The lowest BCUT2D eigenvalue weighted by Crippen LogP contribution is -2.40. The SMILES string of the molecule is CN1CCC(NS(=O)(=O)c2cc(N)ccc2F)C1=O. The van der Waals surface area contributed by atoms with E-state index in [2.05, 4.69) is 4.72 Å². The predicted octanol–water partition coefficient (Wildman–Crippen LogP) is -0.0831. The highest BCUT2D eigenvalue weighted by Gasteiger charge is 2.33. The zero-order valence-electron chi connectivity index (χ0n) is 10.3. The van der Waals surface area contributed by atoms with Crippen LogP contribution in [0.25, 0.3) is 0 Å². The largest absolute Gasteiger partial charge is 0.399 e. The Labute approximate surface area is 110 Å². The molecule has 0 spiro atoms. The number of nitrogen functional groups attached to an aromatic ring is 1. The van der Waals surface area contributed by atoms with E-state index in [1.54, 1.807) is 7.05 Å². The Hall–Kier alpha value is -1.67. The Morgan fingerprint density at radius 3 is 2.74 bits per heavy atom. The number of hydrogen-bond acceptors (Lipinski definition) is 4. The average Bonchev–Trinajstić information content (AvgIpc) is 2.63. The van der Waals surface area contributed by atoms with Crippen molar-refractivity contribution in [1.82, 2.24) is 9.62 Å². The maximum absolute atomic E-state index is 13.5. The molecule has 1 fully saturated rings. The van der Waals surface area contributed by atoms with E-state index < -0.39 is 26.8 Å². The maximum Gasteiger partial charge on any atom is 0.244 e. The number of carbonyl (C=O) groups excluding carboxylic acids is 1. The van der Waals surface area contributed by atoms with Gasteiger partial charge in [0.25, 0.3) is 0 Å². The summed E-state index contributed by atoms with van der Waals surface area (Å²) in [5.74, 6) is -1.23. The highest BCUT2D eigenvalue weighted by atomic mass is 32.2. The molecule has 1 aromatic rings. The molecule has 1 aromatic carbocycles. The Morgan fingerprint density at radius 2 is 2.16 bits per heavy atom. The number of likely N-dealkylation sites (tertiary alicyclic amines) is 1. The molecular weight excluding hydrogens is 273 g/mol. The van der Waals surface area contributed by atoms with Crippen molar-refractivity contribution in [3.05, 3.63) is 24.0 Å². The average molecular weight is 287 g/mol. The van der Waals surface area contributed by atoms with Gasteiger partial charge in [0, 0.05) is 19.3 Å². The minimum absolute atomic E-state index is 0.136. The van der Waals surface area contributed by atoms with Crippen LogP contribution in [0.3, 0.4) is 0 Å². The molecule has 2 rings (SSSR count). The van der Waals surface area contributed by atoms with E-state index in [0.717, 1.165) is 12.1 Å². The topological polar surface area (TPSA) is 92.5 Å². The van der Waals surface area contributed by atoms with Gasteiger partial charge in [-0.15, -0.1) is 0 Å². The standard InChI is InChI=1S/C11H14FN3O3S/c1-15-5-4-9(11(15)16)14-19(17,18)10-6-7(13)2-3-8(10)12/h2-3,6,9,14H,4-5,13H2,1H3. The van der Waals surface area contributed by atoms with Gasteiger partial charge in [0.15, 0.2) is 0 Å². The van der Waals surface area contributed by atoms with E-state index in [1.807, 2.05) is 0 Å². The Kier molecular flexibility index (Phi) is 3.46. The van der Waals surface area contributed by atoms with Crippen LogP contribution in [-0.2, 0) is 14.8 Å². The molecule has 1 atom stereocenters. The number of likely N-dealkylation sites (N-methyl/N-ethyl adjacent to an activating group) is 1. The van der Waals surface area contributed by atoms with Gasteiger partial charge >= 0.3 is 0 Å². The van der Waals surface area contributed by atoms with Crippen molar-refractivity contribution in [2.24, 2.45) is 0 Å². The molecule has 1 heterocycles. The number of benzene rings is 1. The summed E-state index contributed by atoms with van der Waals surface area (Å²) in [5, 5.41) is 0. The molecule has 3 N–H and O–H groups in total. The summed E-state index contributed by atoms with van der Waals surface area (Å²) < 4.78 is 39.8. The van der Waals surface area contributed by atoms with Crippen molar-refractivity contribution in [3.63, 3.8) is 0 Å². The first-order chi connectivity index (χ1) is 8.81. The van der Waals surface area contributed by atoms with Crippen LogP contribution in [0, 0.1) is 5.82 Å². The van der Waals surface area contributed by atoms with Crippen molar-refractivity contribution in [1.29, 1.82) is 0 Å². The molecule has 1 aliphatic rings. The number of hydrogen-bond donors (Lipinski definition) is 2. The molecule has 0 bridgehead atoms. The molecule has 1 amide bonds. The van der Waals surface area contributed by atoms with Crippen LogP contribution in [-0.4, -0.2) is 38.9 Å². The number of rotatable bonds is 3. The maximum atomic E-state index is 13.5. The van der Waals surface area contributed by atoms with Gasteiger partial charge in [-0.25, -0.2) is 12.8 Å². The zero-order valence-corrected chi connectivity index (χ0v) is 11.1. The van der Waals surface area contributed by atoms with Crippen LogP contribution >= 0.6 is 0 Å². The molecule has 19 heavy (non-hydrogen) atoms. The molecule has 1 aliphatic heterocycles. The zero-order chi connectivity index (χ0) is 14.2. The van der Waals surface area contributed by atoms with Gasteiger partial charge in [-0.3, -0.25) is 4.79 Å². The van der Waals surface area contributed by atoms with Gasteiger partial charge in [0.1, 0.15) is 16.8 Å². The molecule has 104 valence electrons. The van der Waals surface area contributed by atoms with Crippen molar-refractivity contribution in [2.45, 2.75) is 17.4 Å². The fraction of sp³-hybridized carbons (Fsp3) is 0.364. The summed E-state index contributed by atoms with van der Waals surface area (Å²) in [4.78, 5) is 12.5. The Balaban J connectivity index is 2.28. The summed E-state index contributed by atoms with van der Waals surface area (Å²) in [6.45, 7) is 0.464. The summed E-state index contributed by atoms with van der Waals surface area (Å²) in [6.07, 6.45) is 0.360. The van der Waals surface area contributed by atoms with Crippen LogP contribution in [0.5, 0.6) is 0 Å². The minimum Gasteiger partial charge on any atom is -0.399 e. The van der Waals surface area contributed by atoms with Gasteiger partial charge in [0.2, 0.25) is 15.9 Å².